The first-order valence-corrected chi connectivity index (χ1v) is 12.5. The predicted octanol–water partition coefficient (Wildman–Crippen LogP) is 6.23. The van der Waals surface area contributed by atoms with E-state index in [2.05, 4.69) is 0 Å². The van der Waals surface area contributed by atoms with E-state index in [-0.39, 0.29) is 15.9 Å². The third-order valence-electron chi connectivity index (χ3n) is 6.51. The summed E-state index contributed by atoms with van der Waals surface area (Å²) >= 11 is 0.886. The second-order valence-corrected chi connectivity index (χ2v) is 9.87. The van der Waals surface area contributed by atoms with Gasteiger partial charge in [-0.2, -0.15) is 0 Å². The Morgan fingerprint density at radius 1 is 0.892 bits per heavy atom. The highest BCUT2D eigenvalue weighted by Crippen LogP contribution is 2.41. The number of nitrogens with zero attached hydrogens (tertiary/aromatic N) is 1. The Balaban J connectivity index is 1.72. The summed E-state index contributed by atoms with van der Waals surface area (Å²) in [6.45, 7) is 0. The average Bonchev–Trinajstić information content (AvgIpc) is 3.08. The van der Waals surface area contributed by atoms with Crippen LogP contribution in [-0.2, 0) is 12.8 Å². The van der Waals surface area contributed by atoms with E-state index in [9.17, 15) is 23.5 Å². The van der Waals surface area contributed by atoms with Crippen LogP contribution in [0, 0.1) is 11.6 Å². The molecular formula is C29H19F2NO4S. The van der Waals surface area contributed by atoms with Crippen LogP contribution in [0.1, 0.15) is 17.5 Å². The first-order valence-electron chi connectivity index (χ1n) is 11.7. The van der Waals surface area contributed by atoms with Crippen LogP contribution in [0.25, 0.3) is 27.9 Å². The summed E-state index contributed by atoms with van der Waals surface area (Å²) in [6, 6.07) is 18.8. The van der Waals surface area contributed by atoms with Crippen molar-refractivity contribution in [2.45, 2.75) is 29.1 Å². The highest BCUT2D eigenvalue weighted by molar-refractivity contribution is 7.99. The van der Waals surface area contributed by atoms with Gasteiger partial charge in [0.2, 0.25) is 0 Å². The third-order valence-corrected chi connectivity index (χ3v) is 7.58. The fraction of sp³-hybridized carbons (Fsp3) is 0.103. The van der Waals surface area contributed by atoms with Crippen LogP contribution in [0.4, 0.5) is 8.78 Å². The van der Waals surface area contributed by atoms with Crippen LogP contribution >= 0.6 is 11.8 Å². The molecule has 1 aliphatic carbocycles. The Bertz CT molecular complexity index is 1790. The maximum atomic E-state index is 14.5. The molecule has 5 nitrogen and oxygen atoms in total. The van der Waals surface area contributed by atoms with E-state index in [1.165, 1.54) is 41.0 Å². The van der Waals surface area contributed by atoms with Crippen molar-refractivity contribution in [3.8, 4) is 22.7 Å². The van der Waals surface area contributed by atoms with Gasteiger partial charge < -0.3 is 9.52 Å². The Morgan fingerprint density at radius 2 is 1.62 bits per heavy atom. The number of para-hydroxylation sites is 1. The smallest absolute Gasteiger partial charge is 0.354 e. The van der Waals surface area contributed by atoms with Gasteiger partial charge in [0, 0.05) is 21.7 Å². The molecular weight excluding hydrogens is 496 g/mol. The van der Waals surface area contributed by atoms with Gasteiger partial charge in [0.1, 0.15) is 21.9 Å². The van der Waals surface area contributed by atoms with E-state index in [1.54, 1.807) is 30.3 Å². The molecule has 0 aliphatic heterocycles. The maximum Gasteiger partial charge on any atom is 0.354 e. The molecule has 0 saturated heterocycles. The van der Waals surface area contributed by atoms with Crippen molar-refractivity contribution in [1.82, 2.24) is 4.57 Å². The molecule has 0 atom stereocenters. The summed E-state index contributed by atoms with van der Waals surface area (Å²) in [5, 5.41) is 11.1. The highest BCUT2D eigenvalue weighted by atomic mass is 32.2. The number of hydrogen-bond donors (Lipinski definition) is 1. The lowest BCUT2D eigenvalue weighted by Gasteiger charge is -2.20. The molecule has 37 heavy (non-hydrogen) atoms. The summed E-state index contributed by atoms with van der Waals surface area (Å²) in [5.41, 5.74) is 1.52. The monoisotopic (exact) mass is 515 g/mol. The Morgan fingerprint density at radius 3 is 2.38 bits per heavy atom. The minimum Gasteiger partial charge on any atom is -0.505 e. The molecule has 2 aromatic heterocycles. The van der Waals surface area contributed by atoms with Crippen molar-refractivity contribution < 1.29 is 18.3 Å². The van der Waals surface area contributed by atoms with Gasteiger partial charge in [0.05, 0.1) is 5.69 Å². The van der Waals surface area contributed by atoms with Crippen LogP contribution in [0.15, 0.2) is 96.6 Å². The van der Waals surface area contributed by atoms with Gasteiger partial charge in [0.25, 0.3) is 5.56 Å². The molecule has 1 N–H and O–H groups in total. The van der Waals surface area contributed by atoms with Crippen molar-refractivity contribution in [2.24, 2.45) is 0 Å². The molecule has 5 aromatic rings. The minimum absolute atomic E-state index is 0.00440. The molecule has 0 unspecified atom stereocenters. The van der Waals surface area contributed by atoms with Gasteiger partial charge in [-0.05, 0) is 73.4 Å². The first kappa shape index (κ1) is 23.2. The Labute approximate surface area is 213 Å². The molecule has 3 aromatic carbocycles. The number of benzene rings is 3. The fourth-order valence-electron chi connectivity index (χ4n) is 4.87. The summed E-state index contributed by atoms with van der Waals surface area (Å²) in [4.78, 5) is 27.5. The molecule has 0 amide bonds. The lowest BCUT2D eigenvalue weighted by atomic mass is 9.99. The summed E-state index contributed by atoms with van der Waals surface area (Å²) in [6.07, 6.45) is 1.76. The molecule has 0 bridgehead atoms. The summed E-state index contributed by atoms with van der Waals surface area (Å²) in [7, 11) is 0. The van der Waals surface area contributed by atoms with Crippen LogP contribution in [0.3, 0.4) is 0 Å². The lowest BCUT2D eigenvalue weighted by Crippen LogP contribution is -2.23. The van der Waals surface area contributed by atoms with Gasteiger partial charge >= 0.3 is 5.63 Å². The zero-order chi connectivity index (χ0) is 25.7. The molecule has 184 valence electrons. The van der Waals surface area contributed by atoms with Gasteiger partial charge in [-0.1, -0.05) is 36.0 Å². The SMILES string of the molecule is O=c1oc2c3c(n(-c4ccccc4)c(=O)c2c(O)c1Sc1ccc(F)cc1)-c1cc(F)ccc1CCC3. The predicted molar refractivity (Wildman–Crippen MR) is 138 cm³/mol. The number of fused-ring (bicyclic) bond motifs is 5. The van der Waals surface area contributed by atoms with Gasteiger partial charge in [0.15, 0.2) is 11.3 Å². The van der Waals surface area contributed by atoms with E-state index in [0.717, 1.165) is 17.3 Å². The minimum atomic E-state index is -0.818. The van der Waals surface area contributed by atoms with Crippen LogP contribution in [0.2, 0.25) is 0 Å². The quantitative estimate of drug-likeness (QED) is 0.308. The Hall–Kier alpha value is -4.17. The lowest BCUT2D eigenvalue weighted by molar-refractivity contribution is 0.445. The summed E-state index contributed by atoms with van der Waals surface area (Å²) < 4.78 is 35.0. The third kappa shape index (κ3) is 3.94. The highest BCUT2D eigenvalue weighted by Gasteiger charge is 2.29. The van der Waals surface area contributed by atoms with E-state index < -0.39 is 28.6 Å². The molecule has 1 aliphatic rings. The molecule has 0 saturated carbocycles. The van der Waals surface area contributed by atoms with Crippen molar-refractivity contribution >= 4 is 22.7 Å². The van der Waals surface area contributed by atoms with E-state index >= 15 is 0 Å². The average molecular weight is 516 g/mol. The molecule has 0 fully saturated rings. The van der Waals surface area contributed by atoms with Crippen molar-refractivity contribution in [3.05, 3.63) is 116 Å². The number of pyridine rings is 1. The Kier molecular flexibility index (Phi) is 5.68. The number of aryl methyl sites for hydroxylation is 2. The molecule has 2 heterocycles. The number of hydrogen-bond acceptors (Lipinski definition) is 5. The van der Waals surface area contributed by atoms with Gasteiger partial charge in [-0.25, -0.2) is 13.6 Å². The molecule has 6 rings (SSSR count). The second-order valence-electron chi connectivity index (χ2n) is 8.79. The molecule has 0 radical (unpaired) electrons. The van der Waals surface area contributed by atoms with E-state index in [4.69, 9.17) is 4.42 Å². The molecule has 8 heteroatoms. The zero-order valence-corrected chi connectivity index (χ0v) is 20.1. The van der Waals surface area contributed by atoms with Gasteiger partial charge in [-0.3, -0.25) is 9.36 Å². The van der Waals surface area contributed by atoms with Crippen LogP contribution < -0.4 is 11.2 Å². The first-order chi connectivity index (χ1) is 17.9. The van der Waals surface area contributed by atoms with Crippen molar-refractivity contribution in [3.63, 3.8) is 0 Å². The number of aromatic nitrogens is 1. The molecule has 0 spiro atoms. The van der Waals surface area contributed by atoms with Gasteiger partial charge in [-0.15, -0.1) is 0 Å². The number of halogens is 2. The zero-order valence-electron chi connectivity index (χ0n) is 19.3. The van der Waals surface area contributed by atoms with Crippen molar-refractivity contribution in [1.29, 1.82) is 0 Å². The van der Waals surface area contributed by atoms with Crippen LogP contribution in [-0.4, -0.2) is 9.67 Å². The standard InChI is InChI=1S/C29H19F2NO4S/c30-17-11-13-20(14-12-17)37-27-25(33)23-26(36-29(27)35)21-8-4-5-16-9-10-18(31)15-22(16)24(21)32(28(23)34)19-6-2-1-3-7-19/h1-3,6-7,9-15,33H,4-5,8H2. The van der Waals surface area contributed by atoms with E-state index in [1.807, 2.05) is 6.07 Å². The number of rotatable bonds is 3. The second kappa shape index (κ2) is 9.05. The van der Waals surface area contributed by atoms with Crippen molar-refractivity contribution in [2.75, 3.05) is 0 Å². The van der Waals surface area contributed by atoms with E-state index in [0.29, 0.717) is 46.7 Å². The summed E-state index contributed by atoms with van der Waals surface area (Å²) in [5.74, 6) is -1.39. The topological polar surface area (TPSA) is 72.4 Å². The maximum absolute atomic E-state index is 14.5. The number of aromatic hydroxyl groups is 1. The van der Waals surface area contributed by atoms with Crippen LogP contribution in [0.5, 0.6) is 5.75 Å². The fourth-order valence-corrected chi connectivity index (χ4v) is 5.70. The normalized spacial score (nSPS) is 12.7. The largest absolute Gasteiger partial charge is 0.505 e.